The lowest BCUT2D eigenvalue weighted by Gasteiger charge is -2.23. The quantitative estimate of drug-likeness (QED) is 0.471. The van der Waals surface area contributed by atoms with Gasteiger partial charge in [-0.05, 0) is 13.3 Å². The van der Waals surface area contributed by atoms with E-state index in [0.29, 0.717) is 5.57 Å². The number of quaternary nitrogens is 1. The Kier molecular flexibility index (Phi) is 13.3. The van der Waals surface area contributed by atoms with E-state index in [1.807, 2.05) is 0 Å². The number of carbonyl (C=O) groups is 1. The maximum atomic E-state index is 9.82. The van der Waals surface area contributed by atoms with Crippen molar-refractivity contribution in [3.8, 4) is 0 Å². The van der Waals surface area contributed by atoms with Crippen molar-refractivity contribution in [2.24, 2.45) is 5.73 Å². The molecule has 3 nitrogen and oxygen atoms in total. The fraction of sp³-hybridized carbons (Fsp3) is 0.727. The fourth-order valence-electron chi connectivity index (χ4n) is 0.632. The minimum Gasteiger partial charge on any atom is -1.00 e. The third-order valence-electron chi connectivity index (χ3n) is 1.60. The molecule has 0 atom stereocenters. The Morgan fingerprint density at radius 2 is 1.67 bits per heavy atom. The molecule has 0 fully saturated rings. The third kappa shape index (κ3) is 24.7. The summed E-state index contributed by atoms with van der Waals surface area (Å²) in [6, 6.07) is 0. The molecule has 0 aliphatic heterocycles. The van der Waals surface area contributed by atoms with Crippen LogP contribution in [0.4, 0.5) is 0 Å². The van der Waals surface area contributed by atoms with Crippen LogP contribution in [0.3, 0.4) is 0 Å². The first-order chi connectivity index (χ1) is 6.20. The second-order valence-corrected chi connectivity index (χ2v) is 4.51. The normalized spacial score (nSPS) is 9.40. The van der Waals surface area contributed by atoms with Gasteiger partial charge in [0, 0.05) is 5.57 Å². The van der Waals surface area contributed by atoms with Crippen LogP contribution in [0.15, 0.2) is 12.2 Å². The highest BCUT2D eigenvalue weighted by atomic mass is 35.5. The van der Waals surface area contributed by atoms with Crippen LogP contribution < -0.4 is 18.1 Å². The zero-order chi connectivity index (χ0) is 11.8. The third-order valence-corrected chi connectivity index (χ3v) is 1.60. The molecule has 0 aromatic heterocycles. The second-order valence-electron chi connectivity index (χ2n) is 4.51. The summed E-state index contributed by atoms with van der Waals surface area (Å²) in [4.78, 5) is 9.82. The maximum Gasteiger partial charge on any atom is 0.243 e. The van der Waals surface area contributed by atoms with Crippen molar-refractivity contribution in [1.82, 2.24) is 0 Å². The molecule has 0 saturated carbocycles. The summed E-state index contributed by atoms with van der Waals surface area (Å²) in [6.07, 6.45) is 2.67. The average molecular weight is 237 g/mol. The van der Waals surface area contributed by atoms with Gasteiger partial charge >= 0.3 is 0 Å². The first-order valence-electron chi connectivity index (χ1n) is 4.96. The lowest BCUT2D eigenvalue weighted by molar-refractivity contribution is -0.870. The van der Waals surface area contributed by atoms with Crippen molar-refractivity contribution >= 4 is 5.91 Å². The van der Waals surface area contributed by atoms with E-state index in [2.05, 4.69) is 34.6 Å². The van der Waals surface area contributed by atoms with E-state index in [1.165, 1.54) is 19.4 Å². The van der Waals surface area contributed by atoms with Crippen LogP contribution in [-0.2, 0) is 4.79 Å². The van der Waals surface area contributed by atoms with Gasteiger partial charge in [-0.3, -0.25) is 4.79 Å². The SMILES string of the molecule is C=C(C)C(N)=O.CCCC[N+](C)(C)C.[Cl-]. The number of amides is 1. The van der Waals surface area contributed by atoms with Gasteiger partial charge < -0.3 is 22.6 Å². The molecule has 92 valence electrons. The van der Waals surface area contributed by atoms with Gasteiger partial charge in [-0.2, -0.15) is 0 Å². The molecule has 2 N–H and O–H groups in total. The molecule has 0 unspecified atom stereocenters. The number of carbonyl (C=O) groups excluding carboxylic acids is 1. The molecule has 0 spiro atoms. The zero-order valence-corrected chi connectivity index (χ0v) is 11.4. The van der Waals surface area contributed by atoms with Crippen LogP contribution in [0, 0.1) is 0 Å². The van der Waals surface area contributed by atoms with E-state index < -0.39 is 5.91 Å². The van der Waals surface area contributed by atoms with Crippen LogP contribution in [-0.4, -0.2) is 38.1 Å². The van der Waals surface area contributed by atoms with Gasteiger partial charge in [-0.1, -0.05) is 19.9 Å². The summed E-state index contributed by atoms with van der Waals surface area (Å²) in [6.45, 7) is 8.39. The number of hydrogen-bond donors (Lipinski definition) is 1. The Balaban J connectivity index is -0.000000187. The predicted molar refractivity (Wildman–Crippen MR) is 61.8 cm³/mol. The van der Waals surface area contributed by atoms with Crippen molar-refractivity contribution in [3.63, 3.8) is 0 Å². The molecule has 0 bridgehead atoms. The lowest BCUT2D eigenvalue weighted by atomic mass is 10.3. The molecule has 0 aromatic carbocycles. The molecule has 1 amide bonds. The minimum absolute atomic E-state index is 0. The van der Waals surface area contributed by atoms with Crippen molar-refractivity contribution in [2.75, 3.05) is 27.7 Å². The van der Waals surface area contributed by atoms with Gasteiger partial charge in [0.25, 0.3) is 0 Å². The largest absolute Gasteiger partial charge is 1.00 e. The van der Waals surface area contributed by atoms with Crippen molar-refractivity contribution in [2.45, 2.75) is 26.7 Å². The number of hydrogen-bond acceptors (Lipinski definition) is 1. The van der Waals surface area contributed by atoms with Crippen molar-refractivity contribution in [3.05, 3.63) is 12.2 Å². The molecule has 15 heavy (non-hydrogen) atoms. The van der Waals surface area contributed by atoms with E-state index in [1.54, 1.807) is 6.92 Å². The molecule has 4 heteroatoms. The summed E-state index contributed by atoms with van der Waals surface area (Å²) in [7, 11) is 6.70. The summed E-state index contributed by atoms with van der Waals surface area (Å²) >= 11 is 0. The minimum atomic E-state index is -0.435. The Labute approximate surface area is 100 Å². The van der Waals surface area contributed by atoms with E-state index in [-0.39, 0.29) is 12.4 Å². The molecule has 0 radical (unpaired) electrons. The van der Waals surface area contributed by atoms with Crippen molar-refractivity contribution < 1.29 is 21.7 Å². The first-order valence-corrected chi connectivity index (χ1v) is 4.96. The molecule has 0 aromatic rings. The molecular formula is C11H25ClN2O. The molecule has 0 saturated heterocycles. The molecule has 0 aliphatic carbocycles. The summed E-state index contributed by atoms with van der Waals surface area (Å²) in [5.41, 5.74) is 5.09. The standard InChI is InChI=1S/C7H18N.C4H7NO.ClH/c1-5-6-7-8(2,3)4;1-3(2)4(5)6;/h5-7H2,1-4H3;1H2,2H3,(H2,5,6);1H/q+1;;/p-1. The van der Waals surface area contributed by atoms with Crippen LogP contribution in [0.1, 0.15) is 26.7 Å². The van der Waals surface area contributed by atoms with Crippen LogP contribution in [0.2, 0.25) is 0 Å². The summed E-state index contributed by atoms with van der Waals surface area (Å²) < 4.78 is 1.10. The Hall–Kier alpha value is -0.540. The van der Waals surface area contributed by atoms with Gasteiger partial charge in [0.2, 0.25) is 5.91 Å². The van der Waals surface area contributed by atoms with Crippen molar-refractivity contribution in [1.29, 1.82) is 0 Å². The fourth-order valence-corrected chi connectivity index (χ4v) is 0.632. The topological polar surface area (TPSA) is 43.1 Å². The van der Waals surface area contributed by atoms with Crippen LogP contribution in [0.25, 0.3) is 0 Å². The van der Waals surface area contributed by atoms with E-state index >= 15 is 0 Å². The molecule has 0 heterocycles. The summed E-state index contributed by atoms with van der Waals surface area (Å²) in [5, 5.41) is 0. The van der Waals surface area contributed by atoms with Crippen LogP contribution in [0.5, 0.6) is 0 Å². The predicted octanol–water partition coefficient (Wildman–Crippen LogP) is -1.46. The number of nitrogens with zero attached hydrogens (tertiary/aromatic N) is 1. The molecule has 0 aliphatic rings. The average Bonchev–Trinajstić information content (AvgIpc) is 2.00. The number of halogens is 1. The highest BCUT2D eigenvalue weighted by molar-refractivity contribution is 5.90. The van der Waals surface area contributed by atoms with E-state index in [0.717, 1.165) is 4.48 Å². The van der Waals surface area contributed by atoms with Gasteiger partial charge in [-0.15, -0.1) is 0 Å². The lowest BCUT2D eigenvalue weighted by Crippen LogP contribution is -3.00. The summed E-state index contributed by atoms with van der Waals surface area (Å²) in [5.74, 6) is -0.435. The molecule has 0 rings (SSSR count). The van der Waals surface area contributed by atoms with E-state index in [9.17, 15) is 4.79 Å². The zero-order valence-electron chi connectivity index (χ0n) is 10.6. The number of rotatable bonds is 4. The number of primary amides is 1. The van der Waals surface area contributed by atoms with Gasteiger partial charge in [-0.25, -0.2) is 0 Å². The van der Waals surface area contributed by atoms with Gasteiger partial charge in [0.05, 0.1) is 27.7 Å². The molecular weight excluding hydrogens is 212 g/mol. The smallest absolute Gasteiger partial charge is 0.243 e. The van der Waals surface area contributed by atoms with Gasteiger partial charge in [0.15, 0.2) is 0 Å². The van der Waals surface area contributed by atoms with E-state index in [4.69, 9.17) is 5.73 Å². The Bertz CT molecular complexity index is 174. The Morgan fingerprint density at radius 3 is 1.73 bits per heavy atom. The monoisotopic (exact) mass is 236 g/mol. The number of nitrogens with two attached hydrogens (primary N) is 1. The number of unbranched alkanes of at least 4 members (excludes halogenated alkanes) is 1. The highest BCUT2D eigenvalue weighted by Gasteiger charge is 2.02. The first kappa shape index (κ1) is 19.9. The Morgan fingerprint density at radius 1 is 1.33 bits per heavy atom. The van der Waals surface area contributed by atoms with Crippen LogP contribution >= 0.6 is 0 Å². The second kappa shape index (κ2) is 9.99. The maximum absolute atomic E-state index is 9.82. The van der Waals surface area contributed by atoms with Gasteiger partial charge in [0.1, 0.15) is 0 Å². The highest BCUT2D eigenvalue weighted by Crippen LogP contribution is 1.95.